The van der Waals surface area contributed by atoms with Gasteiger partial charge in [0, 0.05) is 17.3 Å². The third-order valence-corrected chi connectivity index (χ3v) is 6.20. The van der Waals surface area contributed by atoms with E-state index in [1.54, 1.807) is 18.3 Å². The Balaban J connectivity index is 1.44. The predicted molar refractivity (Wildman–Crippen MR) is 149 cm³/mol. The van der Waals surface area contributed by atoms with Gasteiger partial charge < -0.3 is 4.74 Å². The molecule has 3 aromatic carbocycles. The zero-order chi connectivity index (χ0) is 26.3. The fourth-order valence-corrected chi connectivity index (χ4v) is 4.22. The van der Waals surface area contributed by atoms with Gasteiger partial charge in [0.25, 0.3) is 0 Å². The van der Waals surface area contributed by atoms with Gasteiger partial charge in [0.15, 0.2) is 5.82 Å². The van der Waals surface area contributed by atoms with Crippen LogP contribution < -0.4 is 10.4 Å². The second-order valence-electron chi connectivity index (χ2n) is 8.39. The first-order valence-corrected chi connectivity index (χ1v) is 12.5. The third-order valence-electron chi connectivity index (χ3n) is 5.89. The van der Waals surface area contributed by atoms with Crippen LogP contribution in [0.4, 0.5) is 0 Å². The van der Waals surface area contributed by atoms with Crippen LogP contribution in [-0.2, 0) is 13.0 Å². The van der Waals surface area contributed by atoms with Gasteiger partial charge in [-0.15, -0.1) is 0 Å². The first-order chi connectivity index (χ1) is 18.6. The van der Waals surface area contributed by atoms with E-state index in [-0.39, 0.29) is 11.6 Å². The minimum Gasteiger partial charge on any atom is -0.488 e. The van der Waals surface area contributed by atoms with Crippen molar-refractivity contribution in [3.8, 4) is 40.4 Å². The number of aromatic nitrogens is 4. The smallest absolute Gasteiger partial charge is 0.348 e. The Morgan fingerprint density at radius 2 is 1.66 bits per heavy atom. The highest BCUT2D eigenvalue weighted by Gasteiger charge is 2.16. The normalized spacial score (nSPS) is 10.5. The number of H-pyrrole nitrogens is 1. The fraction of sp³-hybridized carbons (Fsp3) is 0.0968. The minimum atomic E-state index is -0.536. The summed E-state index contributed by atoms with van der Waals surface area (Å²) < 4.78 is 6.18. The highest BCUT2D eigenvalue weighted by atomic mass is 35.5. The summed E-state index contributed by atoms with van der Waals surface area (Å²) in [6.45, 7) is 2.47. The molecule has 38 heavy (non-hydrogen) atoms. The Morgan fingerprint density at radius 3 is 2.42 bits per heavy atom. The second-order valence-corrected chi connectivity index (χ2v) is 8.80. The summed E-state index contributed by atoms with van der Waals surface area (Å²) in [7, 11) is 0. The van der Waals surface area contributed by atoms with E-state index in [4.69, 9.17) is 16.3 Å². The summed E-state index contributed by atoms with van der Waals surface area (Å²) in [5.41, 5.74) is 4.43. The molecule has 0 spiro atoms. The van der Waals surface area contributed by atoms with Gasteiger partial charge in [-0.05, 0) is 72.0 Å². The van der Waals surface area contributed by atoms with Crippen LogP contribution in [0.1, 0.15) is 29.3 Å². The van der Waals surface area contributed by atoms with Crippen LogP contribution in [0.25, 0.3) is 22.8 Å². The van der Waals surface area contributed by atoms with Gasteiger partial charge in [-0.1, -0.05) is 60.8 Å². The lowest BCUT2D eigenvalue weighted by Crippen LogP contribution is -2.15. The van der Waals surface area contributed by atoms with Gasteiger partial charge in [-0.25, -0.2) is 14.8 Å². The van der Waals surface area contributed by atoms with Crippen molar-refractivity contribution in [2.24, 2.45) is 0 Å². The van der Waals surface area contributed by atoms with E-state index in [9.17, 15) is 4.79 Å². The minimum absolute atomic E-state index is 0.273. The molecular formula is C31H23ClN4O2. The first-order valence-electron chi connectivity index (χ1n) is 12.1. The fourth-order valence-electron chi connectivity index (χ4n) is 3.96. The second kappa shape index (κ2) is 11.5. The Labute approximate surface area is 225 Å². The predicted octanol–water partition coefficient (Wildman–Crippen LogP) is 6.09. The van der Waals surface area contributed by atoms with Crippen LogP contribution >= 0.6 is 11.6 Å². The van der Waals surface area contributed by atoms with Crippen molar-refractivity contribution < 1.29 is 4.74 Å². The molecule has 0 radical (unpaired) electrons. The topological polar surface area (TPSA) is 80.8 Å². The van der Waals surface area contributed by atoms with Gasteiger partial charge in [-0.2, -0.15) is 4.98 Å². The van der Waals surface area contributed by atoms with Crippen molar-refractivity contribution >= 4 is 11.6 Å². The van der Waals surface area contributed by atoms with Gasteiger partial charge >= 0.3 is 5.69 Å². The van der Waals surface area contributed by atoms with Gasteiger partial charge in [0.2, 0.25) is 0 Å². The van der Waals surface area contributed by atoms with Crippen molar-refractivity contribution in [1.82, 2.24) is 19.9 Å². The number of nitrogens with one attached hydrogen (secondary N) is 1. The lowest BCUT2D eigenvalue weighted by atomic mass is 10.1. The van der Waals surface area contributed by atoms with E-state index in [2.05, 4.69) is 44.8 Å². The molecule has 0 aliphatic rings. The number of nitrogens with zero attached hydrogens (tertiary/aromatic N) is 3. The Bertz CT molecular complexity index is 1690. The first kappa shape index (κ1) is 24.9. The molecular weight excluding hydrogens is 496 g/mol. The molecule has 0 bridgehead atoms. The van der Waals surface area contributed by atoms with Crippen molar-refractivity contribution in [1.29, 1.82) is 0 Å². The number of pyridine rings is 1. The van der Waals surface area contributed by atoms with Crippen molar-refractivity contribution in [2.75, 3.05) is 0 Å². The van der Waals surface area contributed by atoms with E-state index < -0.39 is 5.69 Å². The molecule has 2 aromatic heterocycles. The molecule has 2 heterocycles. The maximum Gasteiger partial charge on any atom is 0.348 e. The molecule has 5 aromatic rings. The average Bonchev–Trinajstić information content (AvgIpc) is 2.95. The lowest BCUT2D eigenvalue weighted by Gasteiger charge is -2.14. The molecule has 186 valence electrons. The van der Waals surface area contributed by atoms with Crippen molar-refractivity contribution in [3.63, 3.8) is 0 Å². The average molecular weight is 519 g/mol. The molecule has 7 heteroatoms. The zero-order valence-corrected chi connectivity index (χ0v) is 21.4. The van der Waals surface area contributed by atoms with Crippen molar-refractivity contribution in [3.05, 3.63) is 129 Å². The molecule has 1 N–H and O–H groups in total. The molecule has 0 fully saturated rings. The highest BCUT2D eigenvalue weighted by Crippen LogP contribution is 2.35. The Hall–Kier alpha value is -4.73. The SMILES string of the molecule is CCc1ccccc1COc1cccc(Cl)c1-c1nc(-c2ccc(C#Cc3ccccn3)cc2)nc(=O)[nH]1. The van der Waals surface area contributed by atoms with E-state index in [1.165, 1.54) is 5.56 Å². The number of hydrogen-bond acceptors (Lipinski definition) is 5. The van der Waals surface area contributed by atoms with Crippen molar-refractivity contribution in [2.45, 2.75) is 20.0 Å². The maximum absolute atomic E-state index is 12.5. The largest absolute Gasteiger partial charge is 0.488 e. The molecule has 0 saturated heterocycles. The van der Waals surface area contributed by atoms with Crippen LogP contribution in [0.2, 0.25) is 5.02 Å². The number of ether oxygens (including phenoxy) is 1. The quantitative estimate of drug-likeness (QED) is 0.275. The van der Waals surface area contributed by atoms with Crippen LogP contribution in [0.3, 0.4) is 0 Å². The van der Waals surface area contributed by atoms with Crippen LogP contribution in [0, 0.1) is 11.8 Å². The molecule has 0 saturated carbocycles. The van der Waals surface area contributed by atoms with Gasteiger partial charge in [-0.3, -0.25) is 4.98 Å². The van der Waals surface area contributed by atoms with Gasteiger partial charge in [0.05, 0.1) is 10.6 Å². The molecule has 0 amide bonds. The molecule has 0 unspecified atom stereocenters. The standard InChI is InChI=1S/C31H23ClN4O2/c1-2-22-8-3-4-9-24(22)20-38-27-12-7-11-26(32)28(27)30-34-29(35-31(37)36-30)23-16-13-21(14-17-23)15-18-25-10-5-6-19-33-25/h3-14,16-17,19H,2,20H2,1H3,(H,34,35,36,37). The van der Waals surface area contributed by atoms with E-state index >= 15 is 0 Å². The number of rotatable bonds is 6. The molecule has 6 nitrogen and oxygen atoms in total. The zero-order valence-electron chi connectivity index (χ0n) is 20.6. The molecule has 0 aliphatic heterocycles. The van der Waals surface area contributed by atoms with Crippen LogP contribution in [-0.4, -0.2) is 19.9 Å². The third kappa shape index (κ3) is 5.80. The number of halogens is 1. The summed E-state index contributed by atoms with van der Waals surface area (Å²) in [6, 6.07) is 26.4. The summed E-state index contributed by atoms with van der Waals surface area (Å²) in [4.78, 5) is 28.2. The lowest BCUT2D eigenvalue weighted by molar-refractivity contribution is 0.306. The van der Waals surface area contributed by atoms with E-state index in [0.29, 0.717) is 34.2 Å². The maximum atomic E-state index is 12.5. The molecule has 0 aliphatic carbocycles. The Morgan fingerprint density at radius 1 is 0.868 bits per heavy atom. The number of aromatic amines is 1. The number of hydrogen-bond donors (Lipinski definition) is 1. The number of benzene rings is 3. The summed E-state index contributed by atoms with van der Waals surface area (Å²) >= 11 is 6.58. The summed E-state index contributed by atoms with van der Waals surface area (Å²) in [5.74, 6) is 7.18. The van der Waals surface area contributed by atoms with Crippen LogP contribution in [0.5, 0.6) is 5.75 Å². The number of aryl methyl sites for hydroxylation is 1. The van der Waals surface area contributed by atoms with Gasteiger partial charge in [0.1, 0.15) is 23.9 Å². The summed E-state index contributed by atoms with van der Waals surface area (Å²) in [6.07, 6.45) is 2.60. The highest BCUT2D eigenvalue weighted by molar-refractivity contribution is 6.33. The monoisotopic (exact) mass is 518 g/mol. The van der Waals surface area contributed by atoms with Crippen LogP contribution in [0.15, 0.2) is 95.9 Å². The molecule has 5 rings (SSSR count). The molecule has 0 atom stereocenters. The van der Waals surface area contributed by atoms with E-state index in [1.807, 2.05) is 66.7 Å². The Kier molecular flexibility index (Phi) is 7.58. The summed E-state index contributed by atoms with van der Waals surface area (Å²) in [5, 5.41) is 0.409. The van der Waals surface area contributed by atoms with E-state index in [0.717, 1.165) is 17.5 Å².